The van der Waals surface area contributed by atoms with Crippen LogP contribution in [0.3, 0.4) is 0 Å². The normalized spacial score (nSPS) is 24.1. The van der Waals surface area contributed by atoms with Gasteiger partial charge in [-0.3, -0.25) is 4.79 Å². The Bertz CT molecular complexity index is 1070. The van der Waals surface area contributed by atoms with E-state index in [0.717, 1.165) is 25.1 Å². The Morgan fingerprint density at radius 1 is 1.26 bits per heavy atom. The predicted molar refractivity (Wildman–Crippen MR) is 119 cm³/mol. The van der Waals surface area contributed by atoms with Gasteiger partial charge in [-0.05, 0) is 51.2 Å². The van der Waals surface area contributed by atoms with E-state index in [0.29, 0.717) is 41.6 Å². The van der Waals surface area contributed by atoms with Crippen LogP contribution < -0.4 is 15.0 Å². The number of alkyl halides is 3. The highest BCUT2D eigenvalue weighted by Gasteiger charge is 2.44. The van der Waals surface area contributed by atoms with E-state index >= 15 is 0 Å². The van der Waals surface area contributed by atoms with Gasteiger partial charge < -0.3 is 20.1 Å². The molecule has 1 amide bonds. The van der Waals surface area contributed by atoms with Gasteiger partial charge >= 0.3 is 6.18 Å². The molecule has 2 N–H and O–H groups in total. The van der Waals surface area contributed by atoms with Crippen molar-refractivity contribution in [2.24, 2.45) is 5.92 Å². The summed E-state index contributed by atoms with van der Waals surface area (Å²) in [4.78, 5) is 27.0. The van der Waals surface area contributed by atoms with E-state index in [1.807, 2.05) is 6.92 Å². The number of ether oxygens (including phenoxy) is 1. The molecule has 2 aromatic rings. The third kappa shape index (κ3) is 4.66. The Labute approximate surface area is 195 Å². The van der Waals surface area contributed by atoms with Gasteiger partial charge in [0.1, 0.15) is 29.0 Å². The van der Waals surface area contributed by atoms with Crippen molar-refractivity contribution < 1.29 is 27.8 Å². The molecule has 0 bridgehead atoms. The first-order chi connectivity index (χ1) is 15.9. The number of nitrogens with zero attached hydrogens (tertiary/aromatic N) is 4. The van der Waals surface area contributed by atoms with Crippen LogP contribution in [0.2, 0.25) is 0 Å². The molecule has 4 rings (SSSR count). The Hall–Kier alpha value is -2.95. The third-order valence-electron chi connectivity index (χ3n) is 6.63. The van der Waals surface area contributed by atoms with E-state index in [1.165, 1.54) is 6.07 Å². The first-order valence-corrected chi connectivity index (χ1v) is 11.2. The summed E-state index contributed by atoms with van der Waals surface area (Å²) in [6, 6.07) is 1.42. The summed E-state index contributed by atoms with van der Waals surface area (Å²) in [5.74, 6) is 1.49. The average Bonchev–Trinajstić information content (AvgIpc) is 2.73. The smallest absolute Gasteiger partial charge is 0.433 e. The molecule has 8 nitrogen and oxygen atoms in total. The lowest BCUT2D eigenvalue weighted by Gasteiger charge is -2.42. The molecule has 0 spiro atoms. The maximum absolute atomic E-state index is 12.7. The van der Waals surface area contributed by atoms with Crippen LogP contribution in [-0.4, -0.2) is 50.8 Å². The van der Waals surface area contributed by atoms with Crippen LogP contribution in [0.5, 0.6) is 5.75 Å². The fraction of sp³-hybridized carbons (Fsp3) is 0.565. The number of halogens is 3. The molecule has 2 unspecified atom stereocenters. The Morgan fingerprint density at radius 2 is 1.97 bits per heavy atom. The summed E-state index contributed by atoms with van der Waals surface area (Å²) in [7, 11) is 1.74. The van der Waals surface area contributed by atoms with E-state index in [4.69, 9.17) is 4.74 Å². The molecule has 11 heteroatoms. The molecule has 2 atom stereocenters. The van der Waals surface area contributed by atoms with Crippen molar-refractivity contribution in [1.82, 2.24) is 15.0 Å². The van der Waals surface area contributed by atoms with Crippen LogP contribution in [0.25, 0.3) is 0 Å². The van der Waals surface area contributed by atoms with Gasteiger partial charge in [0.05, 0.1) is 23.6 Å². The zero-order valence-electron chi connectivity index (χ0n) is 19.5. The number of hydrogen-bond acceptors (Lipinski definition) is 7. The van der Waals surface area contributed by atoms with E-state index in [2.05, 4.69) is 20.3 Å². The molecule has 3 heterocycles. The largest absolute Gasteiger partial charge is 0.489 e. The van der Waals surface area contributed by atoms with Gasteiger partial charge in [0.2, 0.25) is 5.91 Å². The van der Waals surface area contributed by atoms with Crippen molar-refractivity contribution in [2.45, 2.75) is 70.4 Å². The highest BCUT2D eigenvalue weighted by atomic mass is 19.4. The van der Waals surface area contributed by atoms with Crippen molar-refractivity contribution in [3.8, 4) is 5.75 Å². The second-order valence-electron chi connectivity index (χ2n) is 9.30. The van der Waals surface area contributed by atoms with Crippen molar-refractivity contribution in [1.29, 1.82) is 0 Å². The highest BCUT2D eigenvalue weighted by Crippen LogP contribution is 2.38. The number of aliphatic hydroxyl groups is 1. The van der Waals surface area contributed by atoms with Crippen molar-refractivity contribution >= 4 is 17.4 Å². The molecule has 0 radical (unpaired) electrons. The van der Waals surface area contributed by atoms with E-state index in [-0.39, 0.29) is 17.9 Å². The number of aryl methyl sites for hydroxylation is 1. The molecule has 1 saturated carbocycles. The molecule has 2 aliphatic rings. The summed E-state index contributed by atoms with van der Waals surface area (Å²) in [5, 5.41) is 13.6. The number of carbonyl (C=O) groups excluding carboxylic acids is 1. The average molecular weight is 480 g/mol. The fourth-order valence-electron chi connectivity index (χ4n) is 4.50. The zero-order chi connectivity index (χ0) is 24.8. The molecular weight excluding hydrogens is 451 g/mol. The standard InChI is InChI=1S/C23H28F3N5O3/c1-5-22(3,33)19-21(32)30-18-12(2)28-17(29-20(18)31(19)4)10-13-8-15(9-13)34-14-6-7-16(27-11-14)23(24,25)26/h6-7,11,13,15,19,33H,5,8-10H2,1-4H3,(H,30,32). The lowest BCUT2D eigenvalue weighted by molar-refractivity contribution is -0.141. The summed E-state index contributed by atoms with van der Waals surface area (Å²) >= 11 is 0. The van der Waals surface area contributed by atoms with Gasteiger partial charge in [-0.15, -0.1) is 0 Å². The van der Waals surface area contributed by atoms with Gasteiger partial charge in [0.25, 0.3) is 0 Å². The number of likely N-dealkylation sites (N-methyl/N-ethyl adjacent to an activating group) is 1. The van der Waals surface area contributed by atoms with Gasteiger partial charge in [-0.2, -0.15) is 13.2 Å². The minimum atomic E-state index is -4.48. The molecule has 0 saturated heterocycles. The Kier molecular flexibility index (Phi) is 6.17. The lowest BCUT2D eigenvalue weighted by Crippen LogP contribution is -2.59. The predicted octanol–water partition coefficient (Wildman–Crippen LogP) is 3.52. The summed E-state index contributed by atoms with van der Waals surface area (Å²) in [6.45, 7) is 5.26. The van der Waals surface area contributed by atoms with Gasteiger partial charge in [-0.25, -0.2) is 15.0 Å². The minimum absolute atomic E-state index is 0.103. The van der Waals surface area contributed by atoms with Gasteiger partial charge in [0.15, 0.2) is 5.82 Å². The second-order valence-corrected chi connectivity index (χ2v) is 9.30. The Balaban J connectivity index is 1.40. The molecule has 184 valence electrons. The second kappa shape index (κ2) is 8.68. The molecule has 0 aromatic carbocycles. The zero-order valence-corrected chi connectivity index (χ0v) is 19.5. The van der Waals surface area contributed by atoms with Gasteiger partial charge in [-0.1, -0.05) is 6.92 Å². The number of carbonyl (C=O) groups is 1. The number of aromatic nitrogens is 3. The summed E-state index contributed by atoms with van der Waals surface area (Å²) in [5.41, 5.74) is -0.974. The monoisotopic (exact) mass is 479 g/mol. The number of nitrogens with one attached hydrogen (secondary N) is 1. The number of rotatable bonds is 6. The van der Waals surface area contributed by atoms with Crippen LogP contribution in [0.15, 0.2) is 18.3 Å². The van der Waals surface area contributed by atoms with Crippen LogP contribution in [0.4, 0.5) is 24.7 Å². The van der Waals surface area contributed by atoms with Crippen molar-refractivity contribution in [2.75, 3.05) is 17.3 Å². The molecule has 1 fully saturated rings. The minimum Gasteiger partial charge on any atom is -0.489 e. The lowest BCUT2D eigenvalue weighted by atomic mass is 9.80. The number of hydrogen-bond donors (Lipinski definition) is 2. The first kappa shape index (κ1) is 24.2. The third-order valence-corrected chi connectivity index (χ3v) is 6.63. The summed E-state index contributed by atoms with van der Waals surface area (Å²) < 4.78 is 43.7. The highest BCUT2D eigenvalue weighted by molar-refractivity contribution is 6.04. The number of amides is 1. The van der Waals surface area contributed by atoms with Crippen LogP contribution in [0.1, 0.15) is 50.3 Å². The topological polar surface area (TPSA) is 100 Å². The fourth-order valence-corrected chi connectivity index (χ4v) is 4.50. The maximum atomic E-state index is 12.7. The molecule has 2 aromatic heterocycles. The maximum Gasteiger partial charge on any atom is 0.433 e. The quantitative estimate of drug-likeness (QED) is 0.654. The number of pyridine rings is 1. The van der Waals surface area contributed by atoms with Crippen molar-refractivity contribution in [3.05, 3.63) is 35.5 Å². The molecule has 1 aliphatic carbocycles. The number of fused-ring (bicyclic) bond motifs is 1. The van der Waals surface area contributed by atoms with Crippen LogP contribution >= 0.6 is 0 Å². The molecule has 1 aliphatic heterocycles. The summed E-state index contributed by atoms with van der Waals surface area (Å²) in [6.07, 6.45) is -1.03. The number of anilines is 2. The van der Waals surface area contributed by atoms with Crippen molar-refractivity contribution in [3.63, 3.8) is 0 Å². The van der Waals surface area contributed by atoms with E-state index < -0.39 is 23.5 Å². The Morgan fingerprint density at radius 3 is 2.56 bits per heavy atom. The van der Waals surface area contributed by atoms with E-state index in [1.54, 1.807) is 25.8 Å². The molecular formula is C23H28F3N5O3. The van der Waals surface area contributed by atoms with Gasteiger partial charge in [0, 0.05) is 13.5 Å². The van der Waals surface area contributed by atoms with Crippen LogP contribution in [0, 0.1) is 12.8 Å². The SMILES string of the molecule is CCC(C)(O)C1C(=O)Nc2c(C)nc(CC3CC(Oc4ccc(C(F)(F)F)nc4)C3)nc2N1C. The molecule has 34 heavy (non-hydrogen) atoms. The van der Waals surface area contributed by atoms with Crippen LogP contribution in [-0.2, 0) is 17.4 Å². The first-order valence-electron chi connectivity index (χ1n) is 11.2. The van der Waals surface area contributed by atoms with E-state index in [9.17, 15) is 23.1 Å².